The van der Waals surface area contributed by atoms with E-state index in [0.717, 1.165) is 16.9 Å². The SMILES string of the molecule is COc1ccc(C(O)C(N)C(C)C)cc1C. The van der Waals surface area contributed by atoms with Crippen molar-refractivity contribution in [2.45, 2.75) is 32.9 Å². The zero-order chi connectivity index (χ0) is 12.3. The minimum absolute atomic E-state index is 0.243. The quantitative estimate of drug-likeness (QED) is 0.821. The lowest BCUT2D eigenvalue weighted by Gasteiger charge is -2.23. The van der Waals surface area contributed by atoms with Crippen LogP contribution in [-0.4, -0.2) is 18.3 Å². The Morgan fingerprint density at radius 3 is 2.38 bits per heavy atom. The summed E-state index contributed by atoms with van der Waals surface area (Å²) in [5, 5.41) is 10.1. The summed E-state index contributed by atoms with van der Waals surface area (Å²) >= 11 is 0. The molecule has 2 unspecified atom stereocenters. The normalized spacial score (nSPS) is 14.9. The number of aryl methyl sites for hydroxylation is 1. The fraction of sp³-hybridized carbons (Fsp3) is 0.538. The van der Waals surface area contributed by atoms with E-state index in [1.165, 1.54) is 0 Å². The Hall–Kier alpha value is -1.06. The van der Waals surface area contributed by atoms with E-state index in [9.17, 15) is 5.11 Å². The molecule has 0 aromatic heterocycles. The maximum atomic E-state index is 10.1. The molecule has 1 aromatic carbocycles. The first-order chi connectivity index (χ1) is 7.47. The molecule has 90 valence electrons. The molecule has 0 spiro atoms. The first kappa shape index (κ1) is 13.0. The van der Waals surface area contributed by atoms with Gasteiger partial charge in [-0.1, -0.05) is 19.9 Å². The summed E-state index contributed by atoms with van der Waals surface area (Å²) in [5.41, 5.74) is 7.79. The van der Waals surface area contributed by atoms with Gasteiger partial charge in [-0.25, -0.2) is 0 Å². The molecular weight excluding hydrogens is 202 g/mol. The van der Waals surface area contributed by atoms with Crippen LogP contribution in [0.15, 0.2) is 18.2 Å². The molecule has 0 aliphatic carbocycles. The smallest absolute Gasteiger partial charge is 0.121 e. The van der Waals surface area contributed by atoms with Gasteiger partial charge in [-0.15, -0.1) is 0 Å². The number of aliphatic hydroxyl groups excluding tert-OH is 1. The lowest BCUT2D eigenvalue weighted by atomic mass is 9.93. The van der Waals surface area contributed by atoms with E-state index >= 15 is 0 Å². The van der Waals surface area contributed by atoms with Crippen LogP contribution < -0.4 is 10.5 Å². The minimum Gasteiger partial charge on any atom is -0.496 e. The van der Waals surface area contributed by atoms with Gasteiger partial charge in [-0.05, 0) is 36.1 Å². The fourth-order valence-corrected chi connectivity index (χ4v) is 1.67. The van der Waals surface area contributed by atoms with Crippen LogP contribution in [0.1, 0.15) is 31.1 Å². The first-order valence-corrected chi connectivity index (χ1v) is 5.55. The average Bonchev–Trinajstić information content (AvgIpc) is 2.26. The molecule has 2 atom stereocenters. The Labute approximate surface area is 97.2 Å². The molecule has 0 heterocycles. The van der Waals surface area contributed by atoms with Gasteiger partial charge in [-0.3, -0.25) is 0 Å². The molecule has 0 bridgehead atoms. The molecule has 0 fully saturated rings. The van der Waals surface area contributed by atoms with Gasteiger partial charge in [0.05, 0.1) is 13.2 Å². The van der Waals surface area contributed by atoms with Gasteiger partial charge in [0, 0.05) is 6.04 Å². The summed E-state index contributed by atoms with van der Waals surface area (Å²) in [6.07, 6.45) is -0.621. The molecule has 1 rings (SSSR count). The lowest BCUT2D eigenvalue weighted by molar-refractivity contribution is 0.125. The highest BCUT2D eigenvalue weighted by atomic mass is 16.5. The molecule has 1 aromatic rings. The molecule has 16 heavy (non-hydrogen) atoms. The predicted molar refractivity (Wildman–Crippen MR) is 65.5 cm³/mol. The van der Waals surface area contributed by atoms with Crippen molar-refractivity contribution >= 4 is 0 Å². The second-order valence-corrected chi connectivity index (χ2v) is 4.50. The van der Waals surface area contributed by atoms with Gasteiger partial charge in [0.25, 0.3) is 0 Å². The molecule has 0 radical (unpaired) electrons. The van der Waals surface area contributed by atoms with Gasteiger partial charge < -0.3 is 15.6 Å². The topological polar surface area (TPSA) is 55.5 Å². The van der Waals surface area contributed by atoms with Crippen molar-refractivity contribution in [2.75, 3.05) is 7.11 Å². The molecular formula is C13H21NO2. The molecule has 0 saturated carbocycles. The van der Waals surface area contributed by atoms with E-state index in [-0.39, 0.29) is 12.0 Å². The van der Waals surface area contributed by atoms with Crippen molar-refractivity contribution < 1.29 is 9.84 Å². The van der Waals surface area contributed by atoms with Crippen LogP contribution in [0.25, 0.3) is 0 Å². The third-order valence-electron chi connectivity index (χ3n) is 2.89. The van der Waals surface area contributed by atoms with Gasteiger partial charge in [0.15, 0.2) is 0 Å². The van der Waals surface area contributed by atoms with Crippen molar-refractivity contribution in [2.24, 2.45) is 11.7 Å². The summed E-state index contributed by atoms with van der Waals surface area (Å²) in [6.45, 7) is 5.96. The average molecular weight is 223 g/mol. The standard InChI is InChI=1S/C13H21NO2/c1-8(2)12(14)13(15)10-5-6-11(16-4)9(3)7-10/h5-8,12-13,15H,14H2,1-4H3. The number of nitrogens with two attached hydrogens (primary N) is 1. The van der Waals surface area contributed by atoms with Gasteiger partial charge in [0.2, 0.25) is 0 Å². The zero-order valence-electron chi connectivity index (χ0n) is 10.4. The van der Waals surface area contributed by atoms with Crippen LogP contribution in [0, 0.1) is 12.8 Å². The highest BCUT2D eigenvalue weighted by Crippen LogP contribution is 2.25. The first-order valence-electron chi connectivity index (χ1n) is 5.55. The monoisotopic (exact) mass is 223 g/mol. The molecule has 0 aliphatic rings. The van der Waals surface area contributed by atoms with E-state index in [2.05, 4.69) is 0 Å². The largest absolute Gasteiger partial charge is 0.496 e. The molecule has 3 N–H and O–H groups in total. The summed E-state index contributed by atoms with van der Waals surface area (Å²) < 4.78 is 5.17. The maximum Gasteiger partial charge on any atom is 0.121 e. The summed E-state index contributed by atoms with van der Waals surface area (Å²) in [6, 6.07) is 5.40. The van der Waals surface area contributed by atoms with Crippen LogP contribution >= 0.6 is 0 Å². The third kappa shape index (κ3) is 2.74. The Morgan fingerprint density at radius 2 is 1.94 bits per heavy atom. The van der Waals surface area contributed by atoms with Crippen LogP contribution in [0.5, 0.6) is 5.75 Å². The highest BCUT2D eigenvalue weighted by Gasteiger charge is 2.20. The van der Waals surface area contributed by atoms with E-state index in [0.29, 0.717) is 0 Å². The van der Waals surface area contributed by atoms with Crippen molar-refractivity contribution in [3.8, 4) is 5.75 Å². The van der Waals surface area contributed by atoms with Gasteiger partial charge >= 0.3 is 0 Å². The molecule has 3 heteroatoms. The van der Waals surface area contributed by atoms with Crippen molar-refractivity contribution in [3.05, 3.63) is 29.3 Å². The summed E-state index contributed by atoms with van der Waals surface area (Å²) in [7, 11) is 1.64. The fourth-order valence-electron chi connectivity index (χ4n) is 1.67. The van der Waals surface area contributed by atoms with Crippen LogP contribution in [0.2, 0.25) is 0 Å². The Morgan fingerprint density at radius 1 is 1.31 bits per heavy atom. The zero-order valence-corrected chi connectivity index (χ0v) is 10.4. The number of ether oxygens (including phenoxy) is 1. The Balaban J connectivity index is 2.92. The molecule has 0 saturated heterocycles. The number of benzene rings is 1. The number of hydrogen-bond acceptors (Lipinski definition) is 3. The molecule has 3 nitrogen and oxygen atoms in total. The number of hydrogen-bond donors (Lipinski definition) is 2. The van der Waals surface area contributed by atoms with Crippen LogP contribution in [0.4, 0.5) is 0 Å². The number of methoxy groups -OCH3 is 1. The van der Waals surface area contributed by atoms with Gasteiger partial charge in [-0.2, -0.15) is 0 Å². The van der Waals surface area contributed by atoms with E-state index in [1.54, 1.807) is 7.11 Å². The van der Waals surface area contributed by atoms with Crippen LogP contribution in [0.3, 0.4) is 0 Å². The number of rotatable bonds is 4. The van der Waals surface area contributed by atoms with Crippen molar-refractivity contribution in [1.82, 2.24) is 0 Å². The lowest BCUT2D eigenvalue weighted by Crippen LogP contribution is -2.33. The second-order valence-electron chi connectivity index (χ2n) is 4.50. The van der Waals surface area contributed by atoms with E-state index < -0.39 is 6.10 Å². The maximum absolute atomic E-state index is 10.1. The van der Waals surface area contributed by atoms with Crippen molar-refractivity contribution in [3.63, 3.8) is 0 Å². The van der Waals surface area contributed by atoms with E-state index in [1.807, 2.05) is 39.0 Å². The minimum atomic E-state index is -0.621. The second kappa shape index (κ2) is 5.32. The Bertz CT molecular complexity index is 350. The number of aliphatic hydroxyl groups is 1. The van der Waals surface area contributed by atoms with E-state index in [4.69, 9.17) is 10.5 Å². The predicted octanol–water partition coefficient (Wildman–Crippen LogP) is 2.02. The highest BCUT2D eigenvalue weighted by molar-refractivity contribution is 5.37. The van der Waals surface area contributed by atoms with Crippen molar-refractivity contribution in [1.29, 1.82) is 0 Å². The molecule has 0 amide bonds. The third-order valence-corrected chi connectivity index (χ3v) is 2.89. The Kier molecular flexibility index (Phi) is 4.33. The molecule has 0 aliphatic heterocycles. The summed E-state index contributed by atoms with van der Waals surface area (Å²) in [4.78, 5) is 0. The van der Waals surface area contributed by atoms with Crippen LogP contribution in [-0.2, 0) is 0 Å². The van der Waals surface area contributed by atoms with Gasteiger partial charge in [0.1, 0.15) is 5.75 Å². The summed E-state index contributed by atoms with van der Waals surface area (Å²) in [5.74, 6) is 1.08.